The molecule has 1 amide bonds. The van der Waals surface area contributed by atoms with Crippen LogP contribution in [0.4, 0.5) is 0 Å². The zero-order valence-electron chi connectivity index (χ0n) is 12.0. The number of hydrogen-bond acceptors (Lipinski definition) is 3. The van der Waals surface area contributed by atoms with Crippen molar-refractivity contribution in [3.8, 4) is 5.75 Å². The highest BCUT2D eigenvalue weighted by molar-refractivity contribution is 5.77. The number of amides is 1. The normalized spacial score (nSPS) is 11.9. The smallest absolute Gasteiger partial charge is 0.258 e. The molecule has 1 aromatic heterocycles. The summed E-state index contributed by atoms with van der Waals surface area (Å²) in [6, 6.07) is 9.23. The molecule has 1 heterocycles. The molecule has 0 saturated carbocycles. The number of furan rings is 1. The van der Waals surface area contributed by atoms with E-state index < -0.39 is 0 Å². The molecular weight excluding hydrogens is 254 g/mol. The fourth-order valence-corrected chi connectivity index (χ4v) is 1.84. The van der Waals surface area contributed by atoms with E-state index in [9.17, 15) is 4.79 Å². The fraction of sp³-hybridized carbons (Fsp3) is 0.312. The first-order valence-corrected chi connectivity index (χ1v) is 6.59. The highest BCUT2D eigenvalue weighted by atomic mass is 16.5. The summed E-state index contributed by atoms with van der Waals surface area (Å²) in [6.45, 7) is 5.92. The molecule has 0 aliphatic rings. The van der Waals surface area contributed by atoms with Gasteiger partial charge in [-0.05, 0) is 56.2 Å². The molecule has 2 aromatic rings. The van der Waals surface area contributed by atoms with Gasteiger partial charge in [0.25, 0.3) is 5.91 Å². The Kier molecular flexibility index (Phi) is 4.45. The van der Waals surface area contributed by atoms with E-state index in [1.54, 1.807) is 12.3 Å². The third kappa shape index (κ3) is 3.63. The van der Waals surface area contributed by atoms with Gasteiger partial charge >= 0.3 is 0 Å². The van der Waals surface area contributed by atoms with Crippen molar-refractivity contribution >= 4 is 5.91 Å². The summed E-state index contributed by atoms with van der Waals surface area (Å²) in [5.41, 5.74) is 2.35. The summed E-state index contributed by atoms with van der Waals surface area (Å²) in [5.74, 6) is 1.26. The van der Waals surface area contributed by atoms with Gasteiger partial charge in [-0.15, -0.1) is 0 Å². The van der Waals surface area contributed by atoms with Crippen molar-refractivity contribution in [1.82, 2.24) is 5.32 Å². The lowest BCUT2D eigenvalue weighted by molar-refractivity contribution is -0.123. The maximum atomic E-state index is 11.8. The van der Waals surface area contributed by atoms with Crippen molar-refractivity contribution in [3.05, 3.63) is 53.5 Å². The Labute approximate surface area is 118 Å². The van der Waals surface area contributed by atoms with E-state index in [-0.39, 0.29) is 18.6 Å². The topological polar surface area (TPSA) is 51.5 Å². The second-order valence-electron chi connectivity index (χ2n) is 4.84. The van der Waals surface area contributed by atoms with Gasteiger partial charge in [0.1, 0.15) is 11.5 Å². The van der Waals surface area contributed by atoms with Gasteiger partial charge < -0.3 is 14.5 Å². The Bertz CT molecular complexity index is 575. The summed E-state index contributed by atoms with van der Waals surface area (Å²) in [5, 5.41) is 2.82. The van der Waals surface area contributed by atoms with E-state index >= 15 is 0 Å². The largest absolute Gasteiger partial charge is 0.484 e. The van der Waals surface area contributed by atoms with Gasteiger partial charge in [-0.25, -0.2) is 0 Å². The summed E-state index contributed by atoms with van der Waals surface area (Å²) in [4.78, 5) is 11.8. The number of ether oxygens (including phenoxy) is 1. The number of benzene rings is 1. The van der Waals surface area contributed by atoms with Crippen molar-refractivity contribution in [1.29, 1.82) is 0 Å². The molecule has 4 nitrogen and oxygen atoms in total. The van der Waals surface area contributed by atoms with Gasteiger partial charge in [-0.2, -0.15) is 0 Å². The summed E-state index contributed by atoms with van der Waals surface area (Å²) >= 11 is 0. The van der Waals surface area contributed by atoms with Crippen molar-refractivity contribution in [2.75, 3.05) is 6.61 Å². The van der Waals surface area contributed by atoms with Crippen LogP contribution in [0.1, 0.15) is 29.9 Å². The Balaban J connectivity index is 1.84. The standard InChI is InChI=1S/C16H19NO3/c1-11-6-7-14(9-12(11)2)20-10-16(18)17-13(3)15-5-4-8-19-15/h4-9,13H,10H2,1-3H3,(H,17,18). The monoisotopic (exact) mass is 273 g/mol. The second-order valence-corrected chi connectivity index (χ2v) is 4.84. The Morgan fingerprint density at radius 2 is 2.10 bits per heavy atom. The van der Waals surface area contributed by atoms with E-state index in [1.807, 2.05) is 45.0 Å². The minimum atomic E-state index is -0.174. The molecule has 0 radical (unpaired) electrons. The molecule has 1 unspecified atom stereocenters. The molecule has 1 atom stereocenters. The van der Waals surface area contributed by atoms with E-state index in [1.165, 1.54) is 5.56 Å². The lowest BCUT2D eigenvalue weighted by atomic mass is 10.1. The minimum Gasteiger partial charge on any atom is -0.484 e. The van der Waals surface area contributed by atoms with Crippen LogP contribution >= 0.6 is 0 Å². The van der Waals surface area contributed by atoms with Crippen LogP contribution < -0.4 is 10.1 Å². The van der Waals surface area contributed by atoms with Crippen LogP contribution in [-0.2, 0) is 4.79 Å². The Morgan fingerprint density at radius 1 is 1.30 bits per heavy atom. The van der Waals surface area contributed by atoms with Gasteiger partial charge in [0.15, 0.2) is 6.61 Å². The molecule has 106 valence electrons. The van der Waals surface area contributed by atoms with Crippen molar-refractivity contribution in [2.45, 2.75) is 26.8 Å². The highest BCUT2D eigenvalue weighted by Gasteiger charge is 2.12. The molecule has 0 spiro atoms. The Hall–Kier alpha value is -2.23. The number of aryl methyl sites for hydroxylation is 2. The minimum absolute atomic E-state index is 0.00640. The highest BCUT2D eigenvalue weighted by Crippen LogP contribution is 2.16. The van der Waals surface area contributed by atoms with Gasteiger partial charge in [0.2, 0.25) is 0 Å². The quantitative estimate of drug-likeness (QED) is 0.910. The fourth-order valence-electron chi connectivity index (χ4n) is 1.84. The van der Waals surface area contributed by atoms with Crippen LogP contribution in [0.25, 0.3) is 0 Å². The molecule has 1 aromatic carbocycles. The van der Waals surface area contributed by atoms with Crippen LogP contribution in [0.2, 0.25) is 0 Å². The molecule has 2 rings (SSSR count). The summed E-state index contributed by atoms with van der Waals surface area (Å²) in [6.07, 6.45) is 1.59. The van der Waals surface area contributed by atoms with Crippen molar-refractivity contribution < 1.29 is 13.9 Å². The van der Waals surface area contributed by atoms with Gasteiger partial charge in [-0.1, -0.05) is 6.07 Å². The van der Waals surface area contributed by atoms with Crippen molar-refractivity contribution in [2.24, 2.45) is 0 Å². The predicted octanol–water partition coefficient (Wildman–Crippen LogP) is 3.15. The number of rotatable bonds is 5. The first-order valence-electron chi connectivity index (χ1n) is 6.59. The van der Waals surface area contributed by atoms with Gasteiger partial charge in [-0.3, -0.25) is 4.79 Å². The second kappa shape index (κ2) is 6.28. The van der Waals surface area contributed by atoms with E-state index in [2.05, 4.69) is 5.32 Å². The maximum absolute atomic E-state index is 11.8. The zero-order valence-corrected chi connectivity index (χ0v) is 12.0. The van der Waals surface area contributed by atoms with Crippen LogP contribution in [0.3, 0.4) is 0 Å². The number of carbonyl (C=O) groups excluding carboxylic acids is 1. The molecule has 0 aliphatic carbocycles. The van der Waals surface area contributed by atoms with E-state index in [4.69, 9.17) is 9.15 Å². The molecule has 0 aliphatic heterocycles. The average Bonchev–Trinajstić information content (AvgIpc) is 2.94. The maximum Gasteiger partial charge on any atom is 0.258 e. The van der Waals surface area contributed by atoms with Crippen LogP contribution in [-0.4, -0.2) is 12.5 Å². The van der Waals surface area contributed by atoms with Gasteiger partial charge in [0, 0.05) is 0 Å². The number of nitrogens with one attached hydrogen (secondary N) is 1. The number of carbonyl (C=O) groups is 1. The molecule has 0 saturated heterocycles. The molecule has 0 bridgehead atoms. The molecular formula is C16H19NO3. The number of hydrogen-bond donors (Lipinski definition) is 1. The first kappa shape index (κ1) is 14.2. The van der Waals surface area contributed by atoms with E-state index in [0.29, 0.717) is 5.75 Å². The van der Waals surface area contributed by atoms with Crippen LogP contribution in [0.15, 0.2) is 41.0 Å². The molecule has 0 fully saturated rings. The third-order valence-electron chi connectivity index (χ3n) is 3.20. The van der Waals surface area contributed by atoms with Gasteiger partial charge in [0.05, 0.1) is 12.3 Å². The van der Waals surface area contributed by atoms with Crippen LogP contribution in [0.5, 0.6) is 5.75 Å². The Morgan fingerprint density at radius 3 is 2.75 bits per heavy atom. The molecule has 4 heteroatoms. The zero-order chi connectivity index (χ0) is 14.5. The van der Waals surface area contributed by atoms with Crippen LogP contribution in [0, 0.1) is 13.8 Å². The molecule has 1 N–H and O–H groups in total. The van der Waals surface area contributed by atoms with Crippen molar-refractivity contribution in [3.63, 3.8) is 0 Å². The predicted molar refractivity (Wildman–Crippen MR) is 76.7 cm³/mol. The van der Waals surface area contributed by atoms with E-state index in [0.717, 1.165) is 11.3 Å². The average molecular weight is 273 g/mol. The lowest BCUT2D eigenvalue weighted by Crippen LogP contribution is -2.31. The summed E-state index contributed by atoms with van der Waals surface area (Å²) in [7, 11) is 0. The molecule has 20 heavy (non-hydrogen) atoms. The third-order valence-corrected chi connectivity index (χ3v) is 3.20. The summed E-state index contributed by atoms with van der Waals surface area (Å²) < 4.78 is 10.7. The first-order chi connectivity index (χ1) is 9.56. The lowest BCUT2D eigenvalue weighted by Gasteiger charge is -2.12. The SMILES string of the molecule is Cc1ccc(OCC(=O)NC(C)c2ccco2)cc1C.